The molecule has 1 aliphatic carbocycles. The van der Waals surface area contributed by atoms with Crippen molar-refractivity contribution in [2.24, 2.45) is 5.92 Å². The van der Waals surface area contributed by atoms with Crippen LogP contribution in [0.15, 0.2) is 23.1 Å². The van der Waals surface area contributed by atoms with Gasteiger partial charge in [0.2, 0.25) is 21.1 Å². The summed E-state index contributed by atoms with van der Waals surface area (Å²) in [5.41, 5.74) is 0.904. The van der Waals surface area contributed by atoms with Gasteiger partial charge < -0.3 is 0 Å². The van der Waals surface area contributed by atoms with Crippen LogP contribution in [-0.2, 0) is 21.2 Å². The van der Waals surface area contributed by atoms with Gasteiger partial charge in [-0.1, -0.05) is 17.4 Å². The summed E-state index contributed by atoms with van der Waals surface area (Å²) in [5, 5.41) is 18.2. The molecule has 1 atom stereocenters. The number of amides is 1. The van der Waals surface area contributed by atoms with Gasteiger partial charge in [-0.3, -0.25) is 9.69 Å². The Bertz CT molecular complexity index is 1100. The zero-order valence-electron chi connectivity index (χ0n) is 15.5. The number of anilines is 2. The second-order valence-corrected chi connectivity index (χ2v) is 10.3. The van der Waals surface area contributed by atoms with Crippen LogP contribution in [0.25, 0.3) is 0 Å². The summed E-state index contributed by atoms with van der Waals surface area (Å²) in [4.78, 5) is 14.6. The van der Waals surface area contributed by atoms with Crippen LogP contribution in [-0.4, -0.2) is 30.1 Å². The summed E-state index contributed by atoms with van der Waals surface area (Å²) < 4.78 is 28.3. The van der Waals surface area contributed by atoms with Crippen molar-refractivity contribution >= 4 is 38.1 Å². The third kappa shape index (κ3) is 3.41. The summed E-state index contributed by atoms with van der Waals surface area (Å²) in [7, 11) is -3.70. The number of nitrogens with zero attached hydrogens (tertiary/aromatic N) is 4. The fourth-order valence-corrected chi connectivity index (χ4v) is 5.45. The lowest BCUT2D eigenvalue weighted by Gasteiger charge is -2.31. The highest BCUT2D eigenvalue weighted by Crippen LogP contribution is 2.40. The van der Waals surface area contributed by atoms with Crippen LogP contribution in [0.5, 0.6) is 0 Å². The standard InChI is InChI=1S/C18H19N5O3S2/c1-11-20-21-17(27-11)23-15-10-14(28(25,26)22-18(2)6-7-18)4-3-12(15)9-13(5-8-19)16(23)24/h3-4,10,13,22H,5-7,9H2,1-2H3. The molecule has 1 aromatic carbocycles. The molecule has 2 aliphatic rings. The lowest BCUT2D eigenvalue weighted by Crippen LogP contribution is -2.38. The van der Waals surface area contributed by atoms with Crippen LogP contribution in [0.1, 0.15) is 36.8 Å². The van der Waals surface area contributed by atoms with Crippen molar-refractivity contribution in [3.63, 3.8) is 0 Å². The van der Waals surface area contributed by atoms with Crippen LogP contribution >= 0.6 is 11.3 Å². The van der Waals surface area contributed by atoms with Crippen molar-refractivity contribution in [2.75, 3.05) is 4.90 Å². The van der Waals surface area contributed by atoms with E-state index in [4.69, 9.17) is 5.26 Å². The largest absolute Gasteiger partial charge is 0.274 e. The molecule has 0 spiro atoms. The first-order valence-corrected chi connectivity index (χ1v) is 11.2. The first kappa shape index (κ1) is 19.0. The molecule has 146 valence electrons. The van der Waals surface area contributed by atoms with Gasteiger partial charge in [0.15, 0.2) is 0 Å². The van der Waals surface area contributed by atoms with Crippen molar-refractivity contribution in [1.29, 1.82) is 5.26 Å². The molecule has 2 heterocycles. The van der Waals surface area contributed by atoms with Crippen LogP contribution in [0, 0.1) is 24.2 Å². The molecule has 1 aliphatic heterocycles. The Balaban J connectivity index is 1.80. The SMILES string of the molecule is Cc1nnc(N2C(=O)C(CC#N)Cc3ccc(S(=O)(=O)NC4(C)CC4)cc32)s1. The zero-order chi connectivity index (χ0) is 20.1. The molecule has 28 heavy (non-hydrogen) atoms. The maximum atomic E-state index is 13.0. The van der Waals surface area contributed by atoms with Crippen LogP contribution < -0.4 is 9.62 Å². The summed E-state index contributed by atoms with van der Waals surface area (Å²) in [6.45, 7) is 3.65. The number of carbonyl (C=O) groups is 1. The number of sulfonamides is 1. The molecule has 1 fully saturated rings. The van der Waals surface area contributed by atoms with Crippen molar-refractivity contribution in [3.05, 3.63) is 28.8 Å². The van der Waals surface area contributed by atoms with Gasteiger partial charge in [-0.2, -0.15) is 5.26 Å². The van der Waals surface area contributed by atoms with E-state index < -0.39 is 21.5 Å². The van der Waals surface area contributed by atoms with Crippen molar-refractivity contribution in [2.45, 2.75) is 50.0 Å². The van der Waals surface area contributed by atoms with Crippen molar-refractivity contribution in [3.8, 4) is 6.07 Å². The van der Waals surface area contributed by atoms with E-state index in [0.29, 0.717) is 22.2 Å². The molecule has 1 aromatic heterocycles. The average Bonchev–Trinajstić information content (AvgIpc) is 3.19. The molecule has 1 unspecified atom stereocenters. The number of nitrogens with one attached hydrogen (secondary N) is 1. The highest BCUT2D eigenvalue weighted by atomic mass is 32.2. The van der Waals surface area contributed by atoms with E-state index in [-0.39, 0.29) is 17.2 Å². The summed E-state index contributed by atoms with van der Waals surface area (Å²) in [6, 6.07) is 6.84. The molecular weight excluding hydrogens is 398 g/mol. The maximum absolute atomic E-state index is 13.0. The molecule has 0 saturated heterocycles. The van der Waals surface area contributed by atoms with Crippen molar-refractivity contribution in [1.82, 2.24) is 14.9 Å². The van der Waals surface area contributed by atoms with Crippen LogP contribution in [0.3, 0.4) is 0 Å². The van der Waals surface area contributed by atoms with Gasteiger partial charge in [-0.15, -0.1) is 10.2 Å². The number of hydrogen-bond acceptors (Lipinski definition) is 7. The molecule has 2 aromatic rings. The highest BCUT2D eigenvalue weighted by molar-refractivity contribution is 7.89. The zero-order valence-corrected chi connectivity index (χ0v) is 17.1. The minimum absolute atomic E-state index is 0.0898. The van der Waals surface area contributed by atoms with E-state index in [1.807, 2.05) is 6.92 Å². The fourth-order valence-electron chi connectivity index (χ4n) is 3.26. The smallest absolute Gasteiger partial charge is 0.241 e. The Morgan fingerprint density at radius 3 is 2.75 bits per heavy atom. The van der Waals surface area contributed by atoms with Gasteiger partial charge in [0.25, 0.3) is 0 Å². The van der Waals surface area contributed by atoms with Gasteiger partial charge in [-0.05, 0) is 50.8 Å². The molecule has 1 amide bonds. The summed E-state index contributed by atoms with van der Waals surface area (Å²) >= 11 is 1.25. The molecule has 4 rings (SSSR count). The first-order valence-electron chi connectivity index (χ1n) is 8.90. The minimum atomic E-state index is -3.70. The minimum Gasteiger partial charge on any atom is -0.274 e. The van der Waals surface area contributed by atoms with Gasteiger partial charge in [-0.25, -0.2) is 13.1 Å². The third-order valence-electron chi connectivity index (χ3n) is 5.07. The van der Waals surface area contributed by atoms with Gasteiger partial charge in [0.05, 0.1) is 22.6 Å². The molecular formula is C18H19N5O3S2. The lowest BCUT2D eigenvalue weighted by molar-refractivity contribution is -0.121. The van der Waals surface area contributed by atoms with E-state index >= 15 is 0 Å². The quantitative estimate of drug-likeness (QED) is 0.799. The predicted octanol–water partition coefficient (Wildman–Crippen LogP) is 2.43. The number of aromatic nitrogens is 2. The Labute approximate surface area is 167 Å². The number of fused-ring (bicyclic) bond motifs is 1. The average molecular weight is 418 g/mol. The molecule has 1 saturated carbocycles. The summed E-state index contributed by atoms with van der Waals surface area (Å²) in [5.74, 6) is -0.755. The number of aryl methyl sites for hydroxylation is 1. The molecule has 10 heteroatoms. The summed E-state index contributed by atoms with van der Waals surface area (Å²) in [6.07, 6.45) is 2.09. The highest BCUT2D eigenvalue weighted by Gasteiger charge is 2.42. The van der Waals surface area contributed by atoms with E-state index in [1.165, 1.54) is 22.3 Å². The number of hydrogen-bond donors (Lipinski definition) is 1. The Kier molecular flexibility index (Phi) is 4.49. The van der Waals surface area contributed by atoms with Crippen molar-refractivity contribution < 1.29 is 13.2 Å². The van der Waals surface area contributed by atoms with E-state index in [2.05, 4.69) is 21.0 Å². The van der Waals surface area contributed by atoms with Gasteiger partial charge in [0.1, 0.15) is 5.01 Å². The van der Waals surface area contributed by atoms with Gasteiger partial charge >= 0.3 is 0 Å². The monoisotopic (exact) mass is 417 g/mol. The van der Waals surface area contributed by atoms with Crippen LogP contribution in [0.4, 0.5) is 10.8 Å². The third-order valence-corrected chi connectivity index (χ3v) is 7.53. The predicted molar refractivity (Wildman–Crippen MR) is 104 cm³/mol. The normalized spacial score (nSPS) is 20.5. The van der Waals surface area contributed by atoms with Crippen LogP contribution in [0.2, 0.25) is 0 Å². The van der Waals surface area contributed by atoms with E-state index in [1.54, 1.807) is 19.1 Å². The van der Waals surface area contributed by atoms with E-state index in [9.17, 15) is 13.2 Å². The maximum Gasteiger partial charge on any atom is 0.241 e. The molecule has 1 N–H and O–H groups in total. The molecule has 0 bridgehead atoms. The topological polar surface area (TPSA) is 116 Å². The molecule has 8 nitrogen and oxygen atoms in total. The number of rotatable bonds is 5. The fraction of sp³-hybridized carbons (Fsp3) is 0.444. The Morgan fingerprint density at radius 1 is 1.39 bits per heavy atom. The first-order chi connectivity index (χ1) is 13.2. The molecule has 0 radical (unpaired) electrons. The lowest BCUT2D eigenvalue weighted by atomic mass is 9.90. The Hall–Kier alpha value is -2.35. The second kappa shape index (κ2) is 6.62. The number of nitriles is 1. The van der Waals surface area contributed by atoms with Gasteiger partial charge in [0, 0.05) is 12.0 Å². The number of benzene rings is 1. The second-order valence-electron chi connectivity index (χ2n) is 7.50. The van der Waals surface area contributed by atoms with E-state index in [0.717, 1.165) is 18.4 Å². The Morgan fingerprint density at radius 2 is 2.14 bits per heavy atom. The number of carbonyl (C=O) groups excluding carboxylic acids is 1.